The van der Waals surface area contributed by atoms with E-state index in [4.69, 9.17) is 20.2 Å². The van der Waals surface area contributed by atoms with Crippen molar-refractivity contribution in [2.45, 2.75) is 12.8 Å². The van der Waals surface area contributed by atoms with Gasteiger partial charge < -0.3 is 20.2 Å². The van der Waals surface area contributed by atoms with E-state index in [1.54, 1.807) is 36.4 Å². The number of anilines is 1. The van der Waals surface area contributed by atoms with Crippen molar-refractivity contribution in [2.24, 2.45) is 5.73 Å². The van der Waals surface area contributed by atoms with E-state index in [9.17, 15) is 14.9 Å². The van der Waals surface area contributed by atoms with Gasteiger partial charge in [-0.2, -0.15) is 5.26 Å². The Hall–Kier alpha value is -5.36. The van der Waals surface area contributed by atoms with Gasteiger partial charge in [-0.15, -0.1) is 0 Å². The standard InChI is InChI=1S/C30H25N5O4/c1-17-19(28-33-21-13-7-8-14-22(21)34-28)12-9-15-23(17)35-26(30(37)39-3)25(29(36)38-2)24(20(16-31)27(35)32)18-10-5-4-6-11-18/h4-15,24H,32H2,1-3H3,(H,33,34). The van der Waals surface area contributed by atoms with Gasteiger partial charge in [0.15, 0.2) is 0 Å². The number of fused-ring (bicyclic) bond motifs is 1. The van der Waals surface area contributed by atoms with Crippen LogP contribution in [-0.2, 0) is 19.1 Å². The molecule has 5 rings (SSSR count). The molecule has 1 aromatic heterocycles. The fraction of sp³-hybridized carbons (Fsp3) is 0.133. The molecule has 3 N–H and O–H groups in total. The van der Waals surface area contributed by atoms with Gasteiger partial charge in [0, 0.05) is 5.56 Å². The number of hydrogen-bond acceptors (Lipinski definition) is 8. The first kappa shape index (κ1) is 25.3. The van der Waals surface area contributed by atoms with Crippen molar-refractivity contribution in [3.63, 3.8) is 0 Å². The third kappa shape index (κ3) is 4.18. The first-order valence-corrected chi connectivity index (χ1v) is 12.1. The molecule has 0 saturated carbocycles. The Labute approximate surface area is 224 Å². The van der Waals surface area contributed by atoms with Crippen molar-refractivity contribution < 1.29 is 19.1 Å². The van der Waals surface area contributed by atoms with Crippen LogP contribution in [0.25, 0.3) is 22.4 Å². The second kappa shape index (κ2) is 10.2. The molecule has 0 aliphatic carbocycles. The van der Waals surface area contributed by atoms with Crippen LogP contribution in [0.1, 0.15) is 17.0 Å². The van der Waals surface area contributed by atoms with Crippen LogP contribution in [-0.4, -0.2) is 36.1 Å². The Morgan fingerprint density at radius 3 is 2.33 bits per heavy atom. The Bertz CT molecular complexity index is 1680. The number of ether oxygens (including phenoxy) is 2. The maximum absolute atomic E-state index is 13.4. The number of para-hydroxylation sites is 2. The predicted octanol–water partition coefficient (Wildman–Crippen LogP) is 4.44. The summed E-state index contributed by atoms with van der Waals surface area (Å²) in [6, 6.07) is 24.2. The Balaban J connectivity index is 1.79. The summed E-state index contributed by atoms with van der Waals surface area (Å²) in [4.78, 5) is 36.1. The van der Waals surface area contributed by atoms with Gasteiger partial charge in [-0.1, -0.05) is 54.6 Å². The highest BCUT2D eigenvalue weighted by molar-refractivity contribution is 6.06. The third-order valence-electron chi connectivity index (χ3n) is 6.80. The lowest BCUT2D eigenvalue weighted by Crippen LogP contribution is -2.41. The zero-order valence-corrected chi connectivity index (χ0v) is 21.6. The van der Waals surface area contributed by atoms with Crippen LogP contribution in [0.2, 0.25) is 0 Å². The molecule has 1 atom stereocenters. The van der Waals surface area contributed by atoms with E-state index >= 15 is 0 Å². The SMILES string of the molecule is COC(=O)C1=C(C(=O)OC)N(c2cccc(-c3nc4ccccc4[nH]3)c2C)C(N)=C(C#N)C1c1ccccc1. The van der Waals surface area contributed by atoms with Crippen molar-refractivity contribution in [3.8, 4) is 17.5 Å². The summed E-state index contributed by atoms with van der Waals surface area (Å²) in [6.45, 7) is 1.85. The molecule has 0 amide bonds. The zero-order chi connectivity index (χ0) is 27.7. The van der Waals surface area contributed by atoms with Crippen LogP contribution in [0.5, 0.6) is 0 Å². The van der Waals surface area contributed by atoms with Crippen molar-refractivity contribution in [2.75, 3.05) is 19.1 Å². The van der Waals surface area contributed by atoms with Crippen LogP contribution in [0.3, 0.4) is 0 Å². The van der Waals surface area contributed by atoms with E-state index in [1.807, 2.05) is 43.3 Å². The predicted molar refractivity (Wildman–Crippen MR) is 146 cm³/mol. The molecule has 4 aromatic rings. The number of carbonyl (C=O) groups is 2. The van der Waals surface area contributed by atoms with Gasteiger partial charge in [-0.25, -0.2) is 14.6 Å². The van der Waals surface area contributed by atoms with E-state index in [0.29, 0.717) is 22.6 Å². The van der Waals surface area contributed by atoms with Gasteiger partial charge in [0.25, 0.3) is 0 Å². The van der Waals surface area contributed by atoms with Crippen LogP contribution in [0, 0.1) is 18.3 Å². The van der Waals surface area contributed by atoms with Gasteiger partial charge in [0.1, 0.15) is 17.3 Å². The summed E-state index contributed by atoms with van der Waals surface area (Å²) in [7, 11) is 2.44. The summed E-state index contributed by atoms with van der Waals surface area (Å²) in [6.07, 6.45) is 0. The van der Waals surface area contributed by atoms with E-state index in [2.05, 4.69) is 11.1 Å². The van der Waals surface area contributed by atoms with Gasteiger partial charge in [-0.3, -0.25) is 4.90 Å². The van der Waals surface area contributed by atoms with Crippen molar-refractivity contribution in [1.29, 1.82) is 5.26 Å². The molecule has 39 heavy (non-hydrogen) atoms. The number of nitrogens with two attached hydrogens (primary N) is 1. The number of carbonyl (C=O) groups excluding carboxylic acids is 2. The average molecular weight is 520 g/mol. The number of hydrogen-bond donors (Lipinski definition) is 2. The minimum Gasteiger partial charge on any atom is -0.466 e. The number of allylic oxidation sites excluding steroid dienone is 1. The maximum atomic E-state index is 13.4. The molecule has 3 aromatic carbocycles. The first-order chi connectivity index (χ1) is 18.9. The lowest BCUT2D eigenvalue weighted by Gasteiger charge is -2.36. The van der Waals surface area contributed by atoms with E-state index in [-0.39, 0.29) is 22.7 Å². The lowest BCUT2D eigenvalue weighted by atomic mass is 9.80. The normalized spacial score (nSPS) is 15.3. The van der Waals surface area contributed by atoms with Crippen molar-refractivity contribution >= 4 is 28.7 Å². The van der Waals surface area contributed by atoms with Gasteiger partial charge in [0.2, 0.25) is 0 Å². The van der Waals surface area contributed by atoms with Gasteiger partial charge in [0.05, 0.1) is 54.1 Å². The third-order valence-corrected chi connectivity index (χ3v) is 6.80. The quantitative estimate of drug-likeness (QED) is 0.370. The molecule has 9 heteroatoms. The fourth-order valence-corrected chi connectivity index (χ4v) is 4.97. The van der Waals surface area contributed by atoms with Gasteiger partial charge >= 0.3 is 11.9 Å². The second-order valence-corrected chi connectivity index (χ2v) is 8.89. The van der Waals surface area contributed by atoms with Crippen LogP contribution >= 0.6 is 0 Å². The highest BCUT2D eigenvalue weighted by Crippen LogP contribution is 2.44. The van der Waals surface area contributed by atoms with Crippen LogP contribution in [0.4, 0.5) is 5.69 Å². The first-order valence-electron chi connectivity index (χ1n) is 12.1. The number of aromatic amines is 1. The smallest absolute Gasteiger partial charge is 0.355 e. The monoisotopic (exact) mass is 519 g/mol. The number of imidazole rings is 1. The molecule has 1 aliphatic rings. The summed E-state index contributed by atoms with van der Waals surface area (Å²) in [5, 5.41) is 10.3. The van der Waals surface area contributed by atoms with Crippen molar-refractivity contribution in [3.05, 3.63) is 107 Å². The largest absolute Gasteiger partial charge is 0.466 e. The van der Waals surface area contributed by atoms with Crippen LogP contribution in [0.15, 0.2) is 95.5 Å². The Morgan fingerprint density at radius 1 is 0.974 bits per heavy atom. The molecule has 194 valence electrons. The van der Waals surface area contributed by atoms with E-state index < -0.39 is 17.9 Å². The highest BCUT2D eigenvalue weighted by Gasteiger charge is 2.43. The van der Waals surface area contributed by atoms with Crippen LogP contribution < -0.4 is 10.6 Å². The second-order valence-electron chi connectivity index (χ2n) is 8.89. The number of nitrogens with zero attached hydrogens (tertiary/aromatic N) is 3. The number of nitriles is 1. The molecule has 0 saturated heterocycles. The molecule has 0 fully saturated rings. The average Bonchev–Trinajstić information content (AvgIpc) is 3.40. The Morgan fingerprint density at radius 2 is 1.67 bits per heavy atom. The molecular formula is C30H25N5O4. The fourth-order valence-electron chi connectivity index (χ4n) is 4.97. The number of methoxy groups -OCH3 is 2. The molecule has 2 heterocycles. The van der Waals surface area contributed by atoms with E-state index in [1.165, 1.54) is 19.1 Å². The summed E-state index contributed by atoms with van der Waals surface area (Å²) < 4.78 is 10.3. The minimum atomic E-state index is -0.937. The molecule has 1 unspecified atom stereocenters. The summed E-state index contributed by atoms with van der Waals surface area (Å²) >= 11 is 0. The maximum Gasteiger partial charge on any atom is 0.355 e. The molecule has 1 aliphatic heterocycles. The number of rotatable bonds is 5. The number of H-pyrrole nitrogens is 1. The Kier molecular flexibility index (Phi) is 6.61. The topological polar surface area (TPSA) is 134 Å². The molecule has 0 radical (unpaired) electrons. The highest BCUT2D eigenvalue weighted by atomic mass is 16.5. The van der Waals surface area contributed by atoms with Crippen molar-refractivity contribution in [1.82, 2.24) is 9.97 Å². The number of benzene rings is 3. The molecule has 0 bridgehead atoms. The minimum absolute atomic E-state index is 0.00395. The summed E-state index contributed by atoms with van der Waals surface area (Å²) in [5.74, 6) is -1.89. The number of nitrogens with one attached hydrogen (secondary N) is 1. The summed E-state index contributed by atoms with van der Waals surface area (Å²) in [5.41, 5.74) is 10.8. The lowest BCUT2D eigenvalue weighted by molar-refractivity contribution is -0.139. The number of aromatic nitrogens is 2. The molecule has 9 nitrogen and oxygen atoms in total. The van der Waals surface area contributed by atoms with Gasteiger partial charge in [-0.05, 0) is 36.2 Å². The molecular weight excluding hydrogens is 494 g/mol. The zero-order valence-electron chi connectivity index (χ0n) is 21.6. The number of esters is 2. The molecule has 0 spiro atoms. The van der Waals surface area contributed by atoms with E-state index in [0.717, 1.165) is 16.6 Å².